The summed E-state index contributed by atoms with van der Waals surface area (Å²) >= 11 is 5.50. The SMILES string of the molecule is CC1(C)OCc2cc(C(=O)CCl)ccc2O1. The van der Waals surface area contributed by atoms with Gasteiger partial charge in [0.25, 0.3) is 0 Å². The molecule has 0 saturated heterocycles. The number of carbonyl (C=O) groups is 1. The van der Waals surface area contributed by atoms with Crippen LogP contribution in [-0.2, 0) is 11.3 Å². The second-order valence-electron chi connectivity index (χ2n) is 4.17. The molecule has 0 aliphatic carbocycles. The molecule has 1 aliphatic heterocycles. The molecule has 0 bridgehead atoms. The van der Waals surface area contributed by atoms with Crippen molar-refractivity contribution >= 4 is 17.4 Å². The van der Waals surface area contributed by atoms with Crippen molar-refractivity contribution < 1.29 is 14.3 Å². The van der Waals surface area contributed by atoms with Crippen LogP contribution in [0.3, 0.4) is 0 Å². The van der Waals surface area contributed by atoms with E-state index >= 15 is 0 Å². The van der Waals surface area contributed by atoms with Crippen molar-refractivity contribution in [3.05, 3.63) is 29.3 Å². The maximum atomic E-state index is 11.4. The molecule has 1 aromatic carbocycles. The predicted molar refractivity (Wildman–Crippen MR) is 61.0 cm³/mol. The molecule has 1 aliphatic rings. The van der Waals surface area contributed by atoms with Crippen molar-refractivity contribution in [3.8, 4) is 5.75 Å². The molecule has 0 saturated carbocycles. The number of ketones is 1. The van der Waals surface area contributed by atoms with Crippen LogP contribution in [0, 0.1) is 0 Å². The lowest BCUT2D eigenvalue weighted by molar-refractivity contribution is -0.180. The van der Waals surface area contributed by atoms with E-state index in [-0.39, 0.29) is 11.7 Å². The summed E-state index contributed by atoms with van der Waals surface area (Å²) < 4.78 is 11.1. The summed E-state index contributed by atoms with van der Waals surface area (Å²) in [6.07, 6.45) is 0. The molecule has 0 radical (unpaired) electrons. The van der Waals surface area contributed by atoms with Crippen LogP contribution in [0.25, 0.3) is 0 Å². The smallest absolute Gasteiger partial charge is 0.205 e. The van der Waals surface area contributed by atoms with Gasteiger partial charge >= 0.3 is 0 Å². The van der Waals surface area contributed by atoms with E-state index in [0.29, 0.717) is 12.2 Å². The van der Waals surface area contributed by atoms with Gasteiger partial charge in [0.15, 0.2) is 5.78 Å². The molecule has 2 rings (SSSR count). The molecule has 0 amide bonds. The summed E-state index contributed by atoms with van der Waals surface area (Å²) in [5, 5.41) is 0. The van der Waals surface area contributed by atoms with E-state index < -0.39 is 5.79 Å². The Balaban J connectivity index is 2.32. The lowest BCUT2D eigenvalue weighted by Gasteiger charge is -2.32. The normalized spacial score (nSPS) is 17.4. The maximum Gasteiger partial charge on any atom is 0.205 e. The van der Waals surface area contributed by atoms with Gasteiger partial charge in [0.2, 0.25) is 5.79 Å². The van der Waals surface area contributed by atoms with Gasteiger partial charge < -0.3 is 9.47 Å². The zero-order chi connectivity index (χ0) is 11.8. The standard InChI is InChI=1S/C12H13ClO3/c1-12(2)15-7-9-5-8(10(14)6-13)3-4-11(9)16-12/h3-5H,6-7H2,1-2H3. The van der Waals surface area contributed by atoms with Crippen molar-refractivity contribution in [3.63, 3.8) is 0 Å². The van der Waals surface area contributed by atoms with Crippen molar-refractivity contribution in [2.75, 3.05) is 5.88 Å². The van der Waals surface area contributed by atoms with Gasteiger partial charge in [-0.25, -0.2) is 0 Å². The molecular weight excluding hydrogens is 228 g/mol. The average Bonchev–Trinajstić information content (AvgIpc) is 2.26. The first-order valence-electron chi connectivity index (χ1n) is 5.07. The Morgan fingerprint density at radius 1 is 1.50 bits per heavy atom. The highest BCUT2D eigenvalue weighted by Gasteiger charge is 2.27. The summed E-state index contributed by atoms with van der Waals surface area (Å²) in [5.41, 5.74) is 1.48. The molecule has 4 heteroatoms. The molecule has 0 unspecified atom stereocenters. The average molecular weight is 241 g/mol. The second-order valence-corrected chi connectivity index (χ2v) is 4.44. The molecule has 1 heterocycles. The van der Waals surface area contributed by atoms with E-state index in [2.05, 4.69) is 0 Å². The summed E-state index contributed by atoms with van der Waals surface area (Å²) in [7, 11) is 0. The van der Waals surface area contributed by atoms with E-state index in [1.807, 2.05) is 13.8 Å². The first kappa shape index (κ1) is 11.4. The predicted octanol–water partition coefficient (Wildman–Crippen LogP) is 2.75. The summed E-state index contributed by atoms with van der Waals surface area (Å²) in [5.74, 6) is 0.0634. The fraction of sp³-hybridized carbons (Fsp3) is 0.417. The van der Waals surface area contributed by atoms with Gasteiger partial charge in [0.1, 0.15) is 5.75 Å². The minimum absolute atomic E-state index is 0.00794. The lowest BCUT2D eigenvalue weighted by Crippen LogP contribution is -2.35. The zero-order valence-electron chi connectivity index (χ0n) is 9.25. The Labute approximate surface area is 99.3 Å². The van der Waals surface area contributed by atoms with Crippen LogP contribution >= 0.6 is 11.6 Å². The molecule has 3 nitrogen and oxygen atoms in total. The maximum absolute atomic E-state index is 11.4. The van der Waals surface area contributed by atoms with Crippen molar-refractivity contribution in [1.29, 1.82) is 0 Å². The number of ether oxygens (including phenoxy) is 2. The number of benzene rings is 1. The van der Waals surface area contributed by atoms with E-state index in [4.69, 9.17) is 21.1 Å². The Morgan fingerprint density at radius 3 is 2.94 bits per heavy atom. The van der Waals surface area contributed by atoms with Crippen LogP contribution in [0.4, 0.5) is 0 Å². The number of hydrogen-bond donors (Lipinski definition) is 0. The van der Waals surface area contributed by atoms with Gasteiger partial charge in [-0.3, -0.25) is 4.79 Å². The number of halogens is 1. The summed E-state index contributed by atoms with van der Waals surface area (Å²) in [6, 6.07) is 5.29. The fourth-order valence-electron chi connectivity index (χ4n) is 1.59. The number of carbonyl (C=O) groups excluding carboxylic acids is 1. The van der Waals surface area contributed by atoms with Gasteiger partial charge in [-0.1, -0.05) is 0 Å². The van der Waals surface area contributed by atoms with Crippen LogP contribution < -0.4 is 4.74 Å². The molecule has 0 aromatic heterocycles. The Kier molecular flexibility index (Phi) is 2.91. The van der Waals surface area contributed by atoms with Crippen LogP contribution in [-0.4, -0.2) is 17.5 Å². The first-order valence-corrected chi connectivity index (χ1v) is 5.60. The van der Waals surface area contributed by atoms with Crippen LogP contribution in [0.2, 0.25) is 0 Å². The number of Topliss-reactive ketones (excluding diaryl/α,β-unsaturated/α-hetero) is 1. The molecule has 0 fully saturated rings. The van der Waals surface area contributed by atoms with E-state index in [0.717, 1.165) is 11.3 Å². The Morgan fingerprint density at radius 2 is 2.25 bits per heavy atom. The summed E-state index contributed by atoms with van der Waals surface area (Å²) in [6.45, 7) is 4.16. The number of alkyl halides is 1. The number of rotatable bonds is 2. The van der Waals surface area contributed by atoms with Crippen molar-refractivity contribution in [1.82, 2.24) is 0 Å². The topological polar surface area (TPSA) is 35.5 Å². The first-order chi connectivity index (χ1) is 7.52. The van der Waals surface area contributed by atoms with Gasteiger partial charge in [0, 0.05) is 25.0 Å². The van der Waals surface area contributed by atoms with Crippen molar-refractivity contribution in [2.45, 2.75) is 26.2 Å². The fourth-order valence-corrected chi connectivity index (χ4v) is 1.74. The van der Waals surface area contributed by atoms with E-state index in [9.17, 15) is 4.79 Å². The van der Waals surface area contributed by atoms with Gasteiger partial charge in [-0.05, 0) is 18.2 Å². The van der Waals surface area contributed by atoms with Crippen molar-refractivity contribution in [2.24, 2.45) is 0 Å². The quantitative estimate of drug-likeness (QED) is 0.589. The minimum atomic E-state index is -0.606. The highest BCUT2D eigenvalue weighted by molar-refractivity contribution is 6.30. The largest absolute Gasteiger partial charge is 0.463 e. The molecule has 0 atom stereocenters. The van der Waals surface area contributed by atoms with E-state index in [1.54, 1.807) is 18.2 Å². The molecule has 1 aromatic rings. The highest BCUT2D eigenvalue weighted by Crippen LogP contribution is 2.31. The monoisotopic (exact) mass is 240 g/mol. The minimum Gasteiger partial charge on any atom is -0.463 e. The van der Waals surface area contributed by atoms with Crippen LogP contribution in [0.5, 0.6) is 5.75 Å². The number of hydrogen-bond acceptors (Lipinski definition) is 3. The third-order valence-corrected chi connectivity index (χ3v) is 2.68. The van der Waals surface area contributed by atoms with Crippen LogP contribution in [0.15, 0.2) is 18.2 Å². The second kappa shape index (κ2) is 4.07. The zero-order valence-corrected chi connectivity index (χ0v) is 10.0. The van der Waals surface area contributed by atoms with Crippen LogP contribution in [0.1, 0.15) is 29.8 Å². The Bertz CT molecular complexity index is 426. The molecule has 16 heavy (non-hydrogen) atoms. The third-order valence-electron chi connectivity index (χ3n) is 2.43. The molecule has 0 N–H and O–H groups in total. The van der Waals surface area contributed by atoms with E-state index in [1.165, 1.54) is 0 Å². The molecule has 0 spiro atoms. The van der Waals surface area contributed by atoms with Gasteiger partial charge in [-0.2, -0.15) is 0 Å². The molecular formula is C12H13ClO3. The Hall–Kier alpha value is -1.06. The molecule has 86 valence electrons. The summed E-state index contributed by atoms with van der Waals surface area (Å²) in [4.78, 5) is 11.4. The van der Waals surface area contributed by atoms with Gasteiger partial charge in [-0.15, -0.1) is 11.6 Å². The lowest BCUT2D eigenvalue weighted by atomic mass is 10.1. The van der Waals surface area contributed by atoms with Gasteiger partial charge in [0.05, 0.1) is 12.5 Å². The third kappa shape index (κ3) is 2.20. The highest BCUT2D eigenvalue weighted by atomic mass is 35.5. The number of fused-ring (bicyclic) bond motifs is 1.